The lowest BCUT2D eigenvalue weighted by Crippen LogP contribution is -2.40. The molecule has 0 aliphatic rings. The first-order valence-corrected chi connectivity index (χ1v) is 6.32. The second-order valence-electron chi connectivity index (χ2n) is 4.23. The molecule has 0 aliphatic heterocycles. The predicted molar refractivity (Wildman–Crippen MR) is 63.1 cm³/mol. The van der Waals surface area contributed by atoms with Crippen molar-refractivity contribution in [2.24, 2.45) is 0 Å². The van der Waals surface area contributed by atoms with Crippen LogP contribution in [0.3, 0.4) is 0 Å². The molecule has 17 heavy (non-hydrogen) atoms. The first-order chi connectivity index (χ1) is 7.90. The zero-order valence-electron chi connectivity index (χ0n) is 10.9. The monoisotopic (exact) mass is 255 g/mol. The Labute approximate surface area is 102 Å². The fraction of sp³-hybridized carbons (Fsp3) is 1.00. The van der Waals surface area contributed by atoms with E-state index in [0.29, 0.717) is 13.0 Å². The SMILES string of the molecule is CCCNC(CCCC(F)(F)F)C(C)OCC. The first-order valence-electron chi connectivity index (χ1n) is 6.32. The molecule has 0 saturated heterocycles. The third kappa shape index (κ3) is 9.41. The van der Waals surface area contributed by atoms with Crippen LogP contribution in [0, 0.1) is 0 Å². The van der Waals surface area contributed by atoms with Crippen LogP contribution in [0.2, 0.25) is 0 Å². The van der Waals surface area contributed by atoms with Crippen LogP contribution in [-0.4, -0.2) is 31.5 Å². The van der Waals surface area contributed by atoms with Crippen molar-refractivity contribution >= 4 is 0 Å². The molecule has 0 aromatic rings. The molecular formula is C12H24F3NO. The summed E-state index contributed by atoms with van der Waals surface area (Å²) >= 11 is 0. The zero-order valence-corrected chi connectivity index (χ0v) is 10.9. The fourth-order valence-electron chi connectivity index (χ4n) is 1.73. The van der Waals surface area contributed by atoms with Crippen LogP contribution in [-0.2, 0) is 4.74 Å². The second kappa shape index (κ2) is 8.75. The van der Waals surface area contributed by atoms with E-state index in [-0.39, 0.29) is 18.6 Å². The number of rotatable bonds is 9. The van der Waals surface area contributed by atoms with E-state index in [1.807, 2.05) is 20.8 Å². The highest BCUT2D eigenvalue weighted by Crippen LogP contribution is 2.23. The van der Waals surface area contributed by atoms with Crippen molar-refractivity contribution in [2.75, 3.05) is 13.2 Å². The van der Waals surface area contributed by atoms with Gasteiger partial charge in [-0.25, -0.2) is 0 Å². The normalized spacial score (nSPS) is 15.9. The molecular weight excluding hydrogens is 231 g/mol. The lowest BCUT2D eigenvalue weighted by Gasteiger charge is -2.25. The minimum atomic E-state index is -4.05. The molecule has 0 aromatic heterocycles. The first kappa shape index (κ1) is 16.7. The van der Waals surface area contributed by atoms with Crippen molar-refractivity contribution in [3.8, 4) is 0 Å². The van der Waals surface area contributed by atoms with Crippen LogP contribution in [0.4, 0.5) is 13.2 Å². The van der Waals surface area contributed by atoms with E-state index in [2.05, 4.69) is 5.32 Å². The van der Waals surface area contributed by atoms with Gasteiger partial charge in [0.15, 0.2) is 0 Å². The molecule has 2 nitrogen and oxygen atoms in total. The van der Waals surface area contributed by atoms with E-state index in [1.54, 1.807) is 0 Å². The molecule has 104 valence electrons. The Kier molecular flexibility index (Phi) is 8.60. The minimum absolute atomic E-state index is 0.0113. The molecule has 0 aliphatic carbocycles. The number of ether oxygens (including phenoxy) is 1. The molecule has 0 saturated carbocycles. The summed E-state index contributed by atoms with van der Waals surface area (Å²) in [4.78, 5) is 0. The van der Waals surface area contributed by atoms with Gasteiger partial charge in [-0.05, 0) is 39.7 Å². The van der Waals surface area contributed by atoms with Gasteiger partial charge < -0.3 is 10.1 Å². The fourth-order valence-corrected chi connectivity index (χ4v) is 1.73. The summed E-state index contributed by atoms with van der Waals surface area (Å²) in [5, 5.41) is 3.25. The highest BCUT2D eigenvalue weighted by Gasteiger charge is 2.27. The Morgan fingerprint density at radius 2 is 1.88 bits per heavy atom. The Morgan fingerprint density at radius 3 is 2.35 bits per heavy atom. The molecule has 5 heteroatoms. The van der Waals surface area contributed by atoms with E-state index in [9.17, 15) is 13.2 Å². The molecule has 1 N–H and O–H groups in total. The summed E-state index contributed by atoms with van der Waals surface area (Å²) in [5.74, 6) is 0. The molecule has 2 atom stereocenters. The molecule has 0 amide bonds. The van der Waals surface area contributed by atoms with Crippen molar-refractivity contribution in [1.82, 2.24) is 5.32 Å². The summed E-state index contributed by atoms with van der Waals surface area (Å²) < 4.78 is 41.6. The summed E-state index contributed by atoms with van der Waals surface area (Å²) in [7, 11) is 0. The number of hydrogen-bond acceptors (Lipinski definition) is 2. The third-order valence-corrected chi connectivity index (χ3v) is 2.63. The number of nitrogens with one attached hydrogen (secondary N) is 1. The standard InChI is InChI=1S/C12H24F3NO/c1-4-9-16-11(10(3)17-5-2)7-6-8-12(13,14)15/h10-11,16H,4-9H2,1-3H3. The lowest BCUT2D eigenvalue weighted by molar-refractivity contribution is -0.136. The van der Waals surface area contributed by atoms with Crippen molar-refractivity contribution in [1.29, 1.82) is 0 Å². The molecule has 0 heterocycles. The Morgan fingerprint density at radius 1 is 1.24 bits per heavy atom. The average molecular weight is 255 g/mol. The van der Waals surface area contributed by atoms with Crippen molar-refractivity contribution < 1.29 is 17.9 Å². The molecule has 0 rings (SSSR count). The van der Waals surface area contributed by atoms with Crippen LogP contribution < -0.4 is 5.32 Å². The summed E-state index contributed by atoms with van der Waals surface area (Å²) in [5.41, 5.74) is 0. The molecule has 0 bridgehead atoms. The maximum atomic E-state index is 12.1. The Hall–Kier alpha value is -0.290. The van der Waals surface area contributed by atoms with Gasteiger partial charge in [-0.3, -0.25) is 0 Å². The smallest absolute Gasteiger partial charge is 0.377 e. The van der Waals surface area contributed by atoms with Crippen molar-refractivity contribution in [3.63, 3.8) is 0 Å². The van der Waals surface area contributed by atoms with Gasteiger partial charge in [0.25, 0.3) is 0 Å². The third-order valence-electron chi connectivity index (χ3n) is 2.63. The van der Waals surface area contributed by atoms with E-state index >= 15 is 0 Å². The molecule has 2 unspecified atom stereocenters. The molecule has 0 fully saturated rings. The van der Waals surface area contributed by atoms with Gasteiger partial charge in [-0.15, -0.1) is 0 Å². The van der Waals surface area contributed by atoms with Crippen LogP contribution in [0.1, 0.15) is 46.5 Å². The highest BCUT2D eigenvalue weighted by atomic mass is 19.4. The number of hydrogen-bond donors (Lipinski definition) is 1. The van der Waals surface area contributed by atoms with Gasteiger partial charge in [-0.1, -0.05) is 6.92 Å². The summed E-state index contributed by atoms with van der Waals surface area (Å²) in [6, 6.07) is 0.0113. The largest absolute Gasteiger partial charge is 0.389 e. The van der Waals surface area contributed by atoms with Gasteiger partial charge >= 0.3 is 6.18 Å². The van der Waals surface area contributed by atoms with E-state index in [4.69, 9.17) is 4.74 Å². The van der Waals surface area contributed by atoms with Gasteiger partial charge in [0.1, 0.15) is 0 Å². The van der Waals surface area contributed by atoms with Crippen molar-refractivity contribution in [3.05, 3.63) is 0 Å². The predicted octanol–water partition coefficient (Wildman–Crippen LogP) is 3.51. The maximum Gasteiger partial charge on any atom is 0.389 e. The zero-order chi connectivity index (χ0) is 13.3. The lowest BCUT2D eigenvalue weighted by atomic mass is 10.0. The number of halogens is 3. The topological polar surface area (TPSA) is 21.3 Å². The summed E-state index contributed by atoms with van der Waals surface area (Å²) in [6.07, 6.45) is -3.18. The van der Waals surface area contributed by atoms with Gasteiger partial charge in [-0.2, -0.15) is 13.2 Å². The van der Waals surface area contributed by atoms with Crippen LogP contribution in [0.5, 0.6) is 0 Å². The van der Waals surface area contributed by atoms with Crippen LogP contribution in [0.25, 0.3) is 0 Å². The second-order valence-corrected chi connectivity index (χ2v) is 4.23. The van der Waals surface area contributed by atoms with Crippen molar-refractivity contribution in [2.45, 2.75) is 64.8 Å². The van der Waals surface area contributed by atoms with Gasteiger partial charge in [0.05, 0.1) is 6.10 Å². The van der Waals surface area contributed by atoms with Gasteiger partial charge in [0, 0.05) is 19.1 Å². The quantitative estimate of drug-likeness (QED) is 0.680. The molecule has 0 aromatic carbocycles. The van der Waals surface area contributed by atoms with E-state index in [0.717, 1.165) is 13.0 Å². The molecule has 0 radical (unpaired) electrons. The van der Waals surface area contributed by atoms with Gasteiger partial charge in [0.2, 0.25) is 0 Å². The molecule has 0 spiro atoms. The Balaban J connectivity index is 4.00. The van der Waals surface area contributed by atoms with Crippen LogP contribution in [0.15, 0.2) is 0 Å². The number of alkyl halides is 3. The van der Waals surface area contributed by atoms with E-state index < -0.39 is 12.6 Å². The van der Waals surface area contributed by atoms with Crippen LogP contribution >= 0.6 is 0 Å². The summed E-state index contributed by atoms with van der Waals surface area (Å²) in [6.45, 7) is 7.23. The maximum absolute atomic E-state index is 12.1. The minimum Gasteiger partial charge on any atom is -0.377 e. The Bertz CT molecular complexity index is 185. The average Bonchev–Trinajstić information content (AvgIpc) is 2.21. The highest BCUT2D eigenvalue weighted by molar-refractivity contribution is 4.74. The van der Waals surface area contributed by atoms with E-state index in [1.165, 1.54) is 0 Å².